The first-order chi connectivity index (χ1) is 15.7. The molecule has 0 bridgehead atoms. The van der Waals surface area contributed by atoms with E-state index in [2.05, 4.69) is 37.9 Å². The van der Waals surface area contributed by atoms with Gasteiger partial charge in [0.25, 0.3) is 0 Å². The summed E-state index contributed by atoms with van der Waals surface area (Å²) in [6, 6.07) is 10.9. The smallest absolute Gasteiger partial charge is 0.150 e. The third-order valence-corrected chi connectivity index (χ3v) is 5.73. The fourth-order valence-electron chi connectivity index (χ4n) is 4.19. The number of halogens is 1. The summed E-state index contributed by atoms with van der Waals surface area (Å²) in [5.74, 6) is 1.15. The highest BCUT2D eigenvalue weighted by molar-refractivity contribution is 5.84. The molecule has 1 aliphatic heterocycles. The van der Waals surface area contributed by atoms with E-state index in [0.717, 1.165) is 42.8 Å². The molecule has 0 amide bonds. The molecule has 3 aromatic heterocycles. The van der Waals surface area contributed by atoms with E-state index in [4.69, 9.17) is 9.72 Å². The van der Waals surface area contributed by atoms with Gasteiger partial charge < -0.3 is 14.6 Å². The summed E-state index contributed by atoms with van der Waals surface area (Å²) >= 11 is 0. The molecule has 5 rings (SSSR count). The zero-order chi connectivity index (χ0) is 21.9. The number of hydrogen-bond donors (Lipinski definition) is 1. The zero-order valence-corrected chi connectivity index (χ0v) is 17.9. The Morgan fingerprint density at radius 3 is 2.97 bits per heavy atom. The maximum Gasteiger partial charge on any atom is 0.150 e. The Hall–Kier alpha value is -3.36. The fraction of sp³-hybridized carbons (Fsp3) is 0.292. The van der Waals surface area contributed by atoms with Crippen molar-refractivity contribution in [1.82, 2.24) is 24.4 Å². The Kier molecular flexibility index (Phi) is 5.79. The minimum atomic E-state index is -0.204. The number of rotatable bonds is 6. The second-order valence-electron chi connectivity index (χ2n) is 7.86. The summed E-state index contributed by atoms with van der Waals surface area (Å²) in [4.78, 5) is 15.4. The van der Waals surface area contributed by atoms with Crippen LogP contribution in [0.15, 0.2) is 61.2 Å². The highest BCUT2D eigenvalue weighted by Crippen LogP contribution is 2.27. The molecule has 0 saturated carbocycles. The van der Waals surface area contributed by atoms with Gasteiger partial charge >= 0.3 is 0 Å². The highest BCUT2D eigenvalue weighted by atomic mass is 19.1. The largest absolute Gasteiger partial charge is 0.369 e. The molecule has 7 nitrogen and oxygen atoms in total. The van der Waals surface area contributed by atoms with Crippen molar-refractivity contribution in [2.75, 3.05) is 25.0 Å². The highest BCUT2D eigenvalue weighted by Gasteiger charge is 2.24. The molecule has 0 aliphatic carbocycles. The van der Waals surface area contributed by atoms with Gasteiger partial charge in [0.05, 0.1) is 24.0 Å². The van der Waals surface area contributed by atoms with Crippen LogP contribution in [0.4, 0.5) is 16.0 Å². The van der Waals surface area contributed by atoms with Gasteiger partial charge in [-0.25, -0.2) is 14.4 Å². The average Bonchev–Trinajstić information content (AvgIpc) is 3.16. The second kappa shape index (κ2) is 9.02. The van der Waals surface area contributed by atoms with Gasteiger partial charge in [0.1, 0.15) is 23.6 Å². The van der Waals surface area contributed by atoms with Crippen molar-refractivity contribution in [2.45, 2.75) is 26.1 Å². The molecule has 1 atom stereocenters. The maximum atomic E-state index is 13.8. The van der Waals surface area contributed by atoms with Crippen LogP contribution >= 0.6 is 0 Å². The number of ether oxygens (including phenoxy) is 1. The molecule has 1 aromatic carbocycles. The second-order valence-corrected chi connectivity index (χ2v) is 7.86. The lowest BCUT2D eigenvalue weighted by Crippen LogP contribution is -2.38. The predicted molar refractivity (Wildman–Crippen MR) is 121 cm³/mol. The number of morpholine rings is 1. The van der Waals surface area contributed by atoms with E-state index in [1.165, 1.54) is 11.6 Å². The Labute approximate surface area is 185 Å². The van der Waals surface area contributed by atoms with Crippen LogP contribution < -0.4 is 5.32 Å². The Bertz CT molecular complexity index is 1210. The van der Waals surface area contributed by atoms with Gasteiger partial charge in [0, 0.05) is 50.2 Å². The molecule has 4 aromatic rings. The summed E-state index contributed by atoms with van der Waals surface area (Å²) in [6.07, 6.45) is 6.94. The van der Waals surface area contributed by atoms with Crippen molar-refractivity contribution in [1.29, 1.82) is 0 Å². The Morgan fingerprint density at radius 2 is 2.12 bits per heavy atom. The normalized spacial score (nSPS) is 17.0. The predicted octanol–water partition coefficient (Wildman–Crippen LogP) is 4.30. The monoisotopic (exact) mass is 432 g/mol. The van der Waals surface area contributed by atoms with Crippen molar-refractivity contribution in [3.63, 3.8) is 0 Å². The van der Waals surface area contributed by atoms with Crippen LogP contribution in [0.25, 0.3) is 10.9 Å². The van der Waals surface area contributed by atoms with Crippen LogP contribution in [0.2, 0.25) is 0 Å². The lowest BCUT2D eigenvalue weighted by molar-refractivity contribution is -0.0348. The maximum absolute atomic E-state index is 13.8. The number of anilines is 2. The van der Waals surface area contributed by atoms with Crippen LogP contribution in [0.5, 0.6) is 0 Å². The summed E-state index contributed by atoms with van der Waals surface area (Å²) in [5.41, 5.74) is 3.02. The number of nitrogens with zero attached hydrogens (tertiary/aromatic N) is 5. The van der Waals surface area contributed by atoms with E-state index in [0.29, 0.717) is 18.2 Å². The molecule has 0 unspecified atom stereocenters. The molecule has 1 aliphatic rings. The SMILES string of the molecule is CCn1cc(CN2CCO[C@@H](c3cccc(Nc4cnccn4)n3)C2)c2ccc(F)cc21. The minimum Gasteiger partial charge on any atom is -0.369 e. The standard InChI is InChI=1S/C24H25FN6O/c1-2-31-15-17(19-7-6-18(25)12-21(19)31)14-30-10-11-32-22(16-30)20-4-3-5-23(28-20)29-24-13-26-8-9-27-24/h3-9,12-13,15,22H,2,10-11,14,16H2,1H3,(H,27,28,29)/t22-/m1/s1. The van der Waals surface area contributed by atoms with Crippen LogP contribution in [-0.2, 0) is 17.8 Å². The molecule has 0 spiro atoms. The average molecular weight is 433 g/mol. The van der Waals surface area contributed by atoms with Crippen molar-refractivity contribution in [3.05, 3.63) is 78.3 Å². The van der Waals surface area contributed by atoms with E-state index >= 15 is 0 Å². The van der Waals surface area contributed by atoms with Gasteiger partial charge in [0.15, 0.2) is 0 Å². The van der Waals surface area contributed by atoms with E-state index in [-0.39, 0.29) is 11.9 Å². The molecule has 1 N–H and O–H groups in total. The molecule has 32 heavy (non-hydrogen) atoms. The summed E-state index contributed by atoms with van der Waals surface area (Å²) in [7, 11) is 0. The van der Waals surface area contributed by atoms with Crippen molar-refractivity contribution < 1.29 is 9.13 Å². The van der Waals surface area contributed by atoms with Crippen molar-refractivity contribution in [3.8, 4) is 0 Å². The Morgan fingerprint density at radius 1 is 1.19 bits per heavy atom. The van der Waals surface area contributed by atoms with E-state index < -0.39 is 0 Å². The van der Waals surface area contributed by atoms with Gasteiger partial charge in [-0.05, 0) is 42.8 Å². The van der Waals surface area contributed by atoms with Crippen molar-refractivity contribution >= 4 is 22.5 Å². The van der Waals surface area contributed by atoms with Gasteiger partial charge in [-0.3, -0.25) is 9.88 Å². The summed E-state index contributed by atoms with van der Waals surface area (Å²) < 4.78 is 21.9. The van der Waals surface area contributed by atoms with E-state index in [1.807, 2.05) is 24.3 Å². The topological polar surface area (TPSA) is 68.1 Å². The first-order valence-electron chi connectivity index (χ1n) is 10.8. The summed E-state index contributed by atoms with van der Waals surface area (Å²) in [6.45, 7) is 5.88. The number of aryl methyl sites for hydroxylation is 1. The number of nitrogens with one attached hydrogen (secondary N) is 1. The molecule has 0 radical (unpaired) electrons. The minimum absolute atomic E-state index is 0.121. The first-order valence-corrected chi connectivity index (χ1v) is 10.8. The molecule has 164 valence electrons. The Balaban J connectivity index is 1.32. The third-order valence-electron chi connectivity index (χ3n) is 5.73. The number of pyridine rings is 1. The lowest BCUT2D eigenvalue weighted by Gasteiger charge is -2.32. The number of fused-ring (bicyclic) bond motifs is 1. The molecular formula is C24H25FN6O. The molecule has 1 fully saturated rings. The number of benzene rings is 1. The quantitative estimate of drug-likeness (QED) is 0.490. The summed E-state index contributed by atoms with van der Waals surface area (Å²) in [5, 5.41) is 4.28. The first kappa shape index (κ1) is 20.5. The van der Waals surface area contributed by atoms with Crippen molar-refractivity contribution in [2.24, 2.45) is 0 Å². The third kappa shape index (κ3) is 4.32. The lowest BCUT2D eigenvalue weighted by atomic mass is 10.1. The van der Waals surface area contributed by atoms with Gasteiger partial charge in [-0.2, -0.15) is 0 Å². The van der Waals surface area contributed by atoms with Crippen LogP contribution in [0, 0.1) is 5.82 Å². The van der Waals surface area contributed by atoms with Gasteiger partial charge in [-0.1, -0.05) is 6.07 Å². The molecule has 1 saturated heterocycles. The zero-order valence-electron chi connectivity index (χ0n) is 17.9. The fourth-order valence-corrected chi connectivity index (χ4v) is 4.19. The van der Waals surface area contributed by atoms with Crippen LogP contribution in [0.3, 0.4) is 0 Å². The number of aromatic nitrogens is 4. The van der Waals surface area contributed by atoms with Crippen LogP contribution in [-0.4, -0.2) is 44.1 Å². The van der Waals surface area contributed by atoms with E-state index in [1.54, 1.807) is 24.7 Å². The van der Waals surface area contributed by atoms with Gasteiger partial charge in [-0.15, -0.1) is 0 Å². The number of hydrogen-bond acceptors (Lipinski definition) is 6. The molecule has 8 heteroatoms. The molecule has 4 heterocycles. The van der Waals surface area contributed by atoms with Crippen LogP contribution in [0.1, 0.15) is 24.3 Å². The molecular weight excluding hydrogens is 407 g/mol. The van der Waals surface area contributed by atoms with E-state index in [9.17, 15) is 4.39 Å². The van der Waals surface area contributed by atoms with Gasteiger partial charge in [0.2, 0.25) is 0 Å².